The average Bonchev–Trinajstić information content (AvgIpc) is 2.57. The number of likely N-dealkylation sites (tertiary alicyclic amines) is 1. The van der Waals surface area contributed by atoms with E-state index in [9.17, 15) is 22.8 Å². The van der Waals surface area contributed by atoms with E-state index in [2.05, 4.69) is 0 Å². The number of benzene rings is 1. The van der Waals surface area contributed by atoms with E-state index in [0.29, 0.717) is 13.0 Å². The molecule has 1 heterocycles. The van der Waals surface area contributed by atoms with E-state index in [0.717, 1.165) is 25.0 Å². The lowest BCUT2D eigenvalue weighted by molar-refractivity contribution is -0.156. The minimum Gasteiger partial charge on any atom is -0.464 e. The van der Waals surface area contributed by atoms with Crippen LogP contribution in [0.5, 0.6) is 0 Å². The van der Waals surface area contributed by atoms with Gasteiger partial charge in [-0.15, -0.1) is 0 Å². The lowest BCUT2D eigenvalue weighted by atomic mass is 10.0. The first-order valence-corrected chi connectivity index (χ1v) is 8.92. The number of piperidine rings is 1. The molecule has 1 atom stereocenters. The number of carbonyl (C=O) groups is 2. The molecule has 1 fully saturated rings. The lowest BCUT2D eigenvalue weighted by Crippen LogP contribution is -2.49. The quantitative estimate of drug-likeness (QED) is 0.685. The van der Waals surface area contributed by atoms with Crippen molar-refractivity contribution < 1.29 is 27.5 Å². The Labute approximate surface area is 159 Å². The fraction of sp³-hybridized carbons (Fsp3) is 0.529. The number of ether oxygens (including phenoxy) is 1. The van der Waals surface area contributed by atoms with Crippen molar-refractivity contribution in [2.75, 3.05) is 13.2 Å². The topological polar surface area (TPSA) is 46.6 Å². The number of hydrogen-bond donors (Lipinski definition) is 0. The average molecular weight is 412 g/mol. The Kier molecular flexibility index (Phi) is 6.80. The first-order chi connectivity index (χ1) is 12.1. The number of carbonyl (C=O) groups excluding carboxylic acids is 2. The molecule has 1 saturated heterocycles. The third kappa shape index (κ3) is 4.82. The summed E-state index contributed by atoms with van der Waals surface area (Å²) < 4.78 is 43.4. The van der Waals surface area contributed by atoms with Crippen molar-refractivity contribution in [2.45, 2.75) is 44.8 Å². The number of rotatable bonds is 4. The first-order valence-electron chi connectivity index (χ1n) is 8.16. The molecule has 1 aromatic rings. The molecule has 26 heavy (non-hydrogen) atoms. The van der Waals surface area contributed by atoms with Crippen LogP contribution in [0.15, 0.2) is 12.1 Å². The molecule has 0 aromatic heterocycles. The predicted molar refractivity (Wildman–Crippen MR) is 91.2 cm³/mol. The van der Waals surface area contributed by atoms with Gasteiger partial charge in [0, 0.05) is 16.6 Å². The van der Waals surface area contributed by atoms with E-state index in [4.69, 9.17) is 27.9 Å². The van der Waals surface area contributed by atoms with Crippen LogP contribution in [-0.2, 0) is 26.9 Å². The highest BCUT2D eigenvalue weighted by molar-refractivity contribution is 6.36. The Bertz CT molecular complexity index is 671. The third-order valence-electron chi connectivity index (χ3n) is 4.18. The van der Waals surface area contributed by atoms with Gasteiger partial charge in [0.05, 0.1) is 18.6 Å². The minimum absolute atomic E-state index is 0.111. The summed E-state index contributed by atoms with van der Waals surface area (Å²) in [7, 11) is 0. The van der Waals surface area contributed by atoms with Crippen LogP contribution in [0.25, 0.3) is 0 Å². The Balaban J connectivity index is 2.21. The number of esters is 1. The Morgan fingerprint density at radius 1 is 1.23 bits per heavy atom. The highest BCUT2D eigenvalue weighted by Crippen LogP contribution is 2.36. The molecule has 1 aromatic carbocycles. The van der Waals surface area contributed by atoms with Crippen LogP contribution in [-0.4, -0.2) is 36.0 Å². The number of alkyl halides is 3. The molecule has 4 nitrogen and oxygen atoms in total. The third-order valence-corrected chi connectivity index (χ3v) is 4.85. The fourth-order valence-corrected chi connectivity index (χ4v) is 3.52. The van der Waals surface area contributed by atoms with E-state index < -0.39 is 29.7 Å². The van der Waals surface area contributed by atoms with Crippen LogP contribution in [0.1, 0.15) is 37.3 Å². The Morgan fingerprint density at radius 2 is 1.85 bits per heavy atom. The number of nitrogens with zero attached hydrogens (tertiary/aromatic N) is 1. The number of hydrogen-bond acceptors (Lipinski definition) is 3. The Hall–Kier alpha value is -1.47. The van der Waals surface area contributed by atoms with Crippen LogP contribution < -0.4 is 0 Å². The standard InChI is InChI=1S/C17H18Cl2F3NO3/c1-2-26-16(25)14-5-3-4-6-23(14)15(24)9-11-12(18)7-10(8-13(11)19)17(20,21)22/h7-8,14H,2-6,9H2,1H3. The summed E-state index contributed by atoms with van der Waals surface area (Å²) in [5.41, 5.74) is -0.870. The highest BCUT2D eigenvalue weighted by atomic mass is 35.5. The zero-order valence-corrected chi connectivity index (χ0v) is 15.5. The van der Waals surface area contributed by atoms with E-state index in [-0.39, 0.29) is 28.6 Å². The van der Waals surface area contributed by atoms with Gasteiger partial charge in [0.1, 0.15) is 6.04 Å². The first kappa shape index (κ1) is 20.8. The molecule has 144 valence electrons. The van der Waals surface area contributed by atoms with Crippen LogP contribution >= 0.6 is 23.2 Å². The molecule has 1 aliphatic rings. The van der Waals surface area contributed by atoms with Gasteiger partial charge in [-0.1, -0.05) is 23.2 Å². The smallest absolute Gasteiger partial charge is 0.416 e. The maximum atomic E-state index is 12.8. The van der Waals surface area contributed by atoms with E-state index in [1.54, 1.807) is 6.92 Å². The van der Waals surface area contributed by atoms with Gasteiger partial charge in [0.25, 0.3) is 0 Å². The molecule has 0 aliphatic carbocycles. The molecular formula is C17H18Cl2F3NO3. The van der Waals surface area contributed by atoms with Gasteiger partial charge >= 0.3 is 12.1 Å². The van der Waals surface area contributed by atoms with Crippen LogP contribution in [0, 0.1) is 0 Å². The maximum Gasteiger partial charge on any atom is 0.416 e. The highest BCUT2D eigenvalue weighted by Gasteiger charge is 2.35. The molecule has 1 amide bonds. The van der Waals surface area contributed by atoms with Crippen molar-refractivity contribution in [3.8, 4) is 0 Å². The molecule has 1 unspecified atom stereocenters. The van der Waals surface area contributed by atoms with Gasteiger partial charge in [-0.05, 0) is 43.9 Å². The SMILES string of the molecule is CCOC(=O)C1CCCCN1C(=O)Cc1c(Cl)cc(C(F)(F)F)cc1Cl. The van der Waals surface area contributed by atoms with Crippen LogP contribution in [0.4, 0.5) is 13.2 Å². The predicted octanol–water partition coefficient (Wildman–Crippen LogP) is 4.50. The summed E-state index contributed by atoms with van der Waals surface area (Å²) in [6.45, 7) is 2.25. The van der Waals surface area contributed by atoms with E-state index >= 15 is 0 Å². The summed E-state index contributed by atoms with van der Waals surface area (Å²) >= 11 is 11.9. The van der Waals surface area contributed by atoms with Crippen molar-refractivity contribution in [3.05, 3.63) is 33.3 Å². The summed E-state index contributed by atoms with van der Waals surface area (Å²) in [5.74, 6) is -0.906. The van der Waals surface area contributed by atoms with Crippen molar-refractivity contribution in [3.63, 3.8) is 0 Å². The summed E-state index contributed by atoms with van der Waals surface area (Å²) in [6, 6.07) is 0.799. The van der Waals surface area contributed by atoms with Gasteiger partial charge in [-0.2, -0.15) is 13.2 Å². The van der Waals surface area contributed by atoms with Crippen LogP contribution in [0.3, 0.4) is 0 Å². The van der Waals surface area contributed by atoms with Crippen molar-refractivity contribution in [1.82, 2.24) is 4.90 Å². The van der Waals surface area contributed by atoms with Gasteiger partial charge in [-0.3, -0.25) is 4.79 Å². The lowest BCUT2D eigenvalue weighted by Gasteiger charge is -2.34. The van der Waals surface area contributed by atoms with Gasteiger partial charge in [0.2, 0.25) is 5.91 Å². The second kappa shape index (κ2) is 8.48. The van der Waals surface area contributed by atoms with Crippen molar-refractivity contribution in [2.24, 2.45) is 0 Å². The van der Waals surface area contributed by atoms with Crippen molar-refractivity contribution >= 4 is 35.1 Å². The second-order valence-corrected chi connectivity index (χ2v) is 6.76. The van der Waals surface area contributed by atoms with Gasteiger partial charge < -0.3 is 9.64 Å². The largest absolute Gasteiger partial charge is 0.464 e. The van der Waals surface area contributed by atoms with E-state index in [1.807, 2.05) is 0 Å². The van der Waals surface area contributed by atoms with Crippen molar-refractivity contribution in [1.29, 1.82) is 0 Å². The molecule has 2 rings (SSSR count). The zero-order valence-electron chi connectivity index (χ0n) is 14.0. The number of halogens is 5. The molecular weight excluding hydrogens is 394 g/mol. The molecule has 1 aliphatic heterocycles. The minimum atomic E-state index is -4.59. The fourth-order valence-electron chi connectivity index (χ4n) is 2.90. The molecule has 0 spiro atoms. The van der Waals surface area contributed by atoms with Crippen LogP contribution in [0.2, 0.25) is 10.0 Å². The van der Waals surface area contributed by atoms with Gasteiger partial charge in [-0.25, -0.2) is 4.79 Å². The summed E-state index contributed by atoms with van der Waals surface area (Å²) in [4.78, 5) is 26.1. The molecule has 0 radical (unpaired) electrons. The van der Waals surface area contributed by atoms with E-state index in [1.165, 1.54) is 4.90 Å². The normalized spacial score (nSPS) is 17.9. The second-order valence-electron chi connectivity index (χ2n) is 5.94. The summed E-state index contributed by atoms with van der Waals surface area (Å²) in [5, 5.41) is -0.467. The van der Waals surface area contributed by atoms with Gasteiger partial charge in [0.15, 0.2) is 0 Å². The molecule has 9 heteroatoms. The molecule has 0 N–H and O–H groups in total. The monoisotopic (exact) mass is 411 g/mol. The number of amides is 1. The maximum absolute atomic E-state index is 12.8. The molecule has 0 saturated carbocycles. The zero-order chi connectivity index (χ0) is 19.5. The Morgan fingerprint density at radius 3 is 2.38 bits per heavy atom. The molecule has 0 bridgehead atoms. The summed E-state index contributed by atoms with van der Waals surface area (Å²) in [6.07, 6.45) is -2.87.